The van der Waals surface area contributed by atoms with Crippen molar-refractivity contribution in [2.75, 3.05) is 7.11 Å². The van der Waals surface area contributed by atoms with Gasteiger partial charge in [-0.15, -0.1) is 0 Å². The summed E-state index contributed by atoms with van der Waals surface area (Å²) in [6, 6.07) is 12.6. The predicted octanol–water partition coefficient (Wildman–Crippen LogP) is 3.96. The monoisotopic (exact) mass is 419 g/mol. The number of rotatable bonds is 7. The van der Waals surface area contributed by atoms with Crippen molar-refractivity contribution in [2.24, 2.45) is 0 Å². The highest BCUT2D eigenvalue weighted by molar-refractivity contribution is 7.89. The Morgan fingerprint density at radius 3 is 2.07 bits per heavy atom. The Balaban J connectivity index is 2.40. The first-order chi connectivity index (χ1) is 13.1. The molecule has 0 amide bonds. The summed E-state index contributed by atoms with van der Waals surface area (Å²) in [7, 11) is -2.72. The van der Waals surface area contributed by atoms with E-state index in [2.05, 4.69) is 16.0 Å². The van der Waals surface area contributed by atoms with E-state index in [1.54, 1.807) is 24.3 Å². The normalized spacial score (nSPS) is 13.1. The Bertz CT molecular complexity index is 994. The van der Waals surface area contributed by atoms with Crippen molar-refractivity contribution in [3.05, 3.63) is 83.4 Å². The molecule has 0 heterocycles. The lowest BCUT2D eigenvalue weighted by Gasteiger charge is -2.17. The van der Waals surface area contributed by atoms with Crippen LogP contribution in [-0.2, 0) is 19.6 Å². The van der Waals surface area contributed by atoms with Gasteiger partial charge in [0.1, 0.15) is 0 Å². The molecule has 0 aromatic heterocycles. The van der Waals surface area contributed by atoms with Crippen LogP contribution in [0.2, 0.25) is 0 Å². The first kappa shape index (κ1) is 21.9. The molecular weight excluding hydrogens is 398 g/mol. The first-order valence-electron chi connectivity index (χ1n) is 8.44. The van der Waals surface area contributed by atoms with Crippen LogP contribution in [0, 0.1) is 13.8 Å². The van der Waals surface area contributed by atoms with E-state index in [9.17, 15) is 13.2 Å². The fourth-order valence-corrected chi connectivity index (χ4v) is 3.80. The molecule has 2 aromatic carbocycles. The summed E-state index contributed by atoms with van der Waals surface area (Å²) < 4.78 is 32.7. The number of benzene rings is 2. The van der Waals surface area contributed by atoms with Gasteiger partial charge in [-0.2, -0.15) is 4.72 Å². The van der Waals surface area contributed by atoms with Gasteiger partial charge in [0.2, 0.25) is 10.0 Å². The van der Waals surface area contributed by atoms with Crippen molar-refractivity contribution in [1.82, 2.24) is 4.72 Å². The van der Waals surface area contributed by atoms with E-state index in [-0.39, 0.29) is 15.5 Å². The van der Waals surface area contributed by atoms with Gasteiger partial charge in [0.25, 0.3) is 0 Å². The minimum Gasteiger partial charge on any atom is -0.466 e. The zero-order chi connectivity index (χ0) is 20.9. The number of methoxy groups -OCH3 is 1. The van der Waals surface area contributed by atoms with E-state index < -0.39 is 22.0 Å². The Kier molecular flexibility index (Phi) is 7.18. The number of esters is 1. The third kappa shape index (κ3) is 5.55. The third-order valence-electron chi connectivity index (χ3n) is 4.08. The Morgan fingerprint density at radius 2 is 1.57 bits per heavy atom. The molecule has 0 saturated heterocycles. The van der Waals surface area contributed by atoms with Gasteiger partial charge in [0.15, 0.2) is 0 Å². The third-order valence-corrected chi connectivity index (χ3v) is 5.88. The van der Waals surface area contributed by atoms with Gasteiger partial charge in [0, 0.05) is 5.03 Å². The molecule has 0 saturated carbocycles. The van der Waals surface area contributed by atoms with Gasteiger partial charge < -0.3 is 4.74 Å². The topological polar surface area (TPSA) is 72.5 Å². The molecule has 2 aromatic rings. The van der Waals surface area contributed by atoms with Crippen LogP contribution in [0.3, 0.4) is 0 Å². The van der Waals surface area contributed by atoms with Crippen LogP contribution in [0.5, 0.6) is 0 Å². The number of hydrogen-bond donors (Lipinski definition) is 1. The minimum atomic E-state index is -3.92. The molecule has 148 valence electrons. The highest BCUT2D eigenvalue weighted by Crippen LogP contribution is 2.22. The number of sulfonamides is 1. The lowest BCUT2D eigenvalue weighted by Crippen LogP contribution is -2.37. The second-order valence-electron chi connectivity index (χ2n) is 6.31. The Morgan fingerprint density at radius 1 is 1.07 bits per heavy atom. The molecule has 0 bridgehead atoms. The summed E-state index contributed by atoms with van der Waals surface area (Å²) in [5, 5.41) is 0.279. The minimum absolute atomic E-state index is 0.0700. The number of halogens is 1. The van der Waals surface area contributed by atoms with Crippen molar-refractivity contribution >= 4 is 32.6 Å². The average Bonchev–Trinajstić information content (AvgIpc) is 2.66. The van der Waals surface area contributed by atoms with Crippen molar-refractivity contribution in [1.29, 1.82) is 0 Å². The van der Waals surface area contributed by atoms with Crippen LogP contribution in [0.15, 0.2) is 71.7 Å². The molecule has 2 rings (SSSR count). The van der Waals surface area contributed by atoms with Gasteiger partial charge in [0.05, 0.1) is 23.6 Å². The molecule has 28 heavy (non-hydrogen) atoms. The molecule has 1 atom stereocenters. The van der Waals surface area contributed by atoms with Crippen LogP contribution in [0.25, 0.3) is 5.03 Å². The van der Waals surface area contributed by atoms with Crippen molar-refractivity contribution in [3.8, 4) is 0 Å². The highest BCUT2D eigenvalue weighted by Gasteiger charge is 2.25. The number of ether oxygens (including phenoxy) is 1. The average molecular weight is 420 g/mol. The van der Waals surface area contributed by atoms with Crippen molar-refractivity contribution in [2.45, 2.75) is 24.8 Å². The van der Waals surface area contributed by atoms with Gasteiger partial charge in [-0.1, -0.05) is 65.7 Å². The lowest BCUT2D eigenvalue weighted by molar-refractivity contribution is -0.136. The maximum Gasteiger partial charge on any atom is 0.335 e. The molecule has 0 aliphatic rings. The smallest absolute Gasteiger partial charge is 0.335 e. The largest absolute Gasteiger partial charge is 0.466 e. The van der Waals surface area contributed by atoms with Crippen LogP contribution in [0.1, 0.15) is 16.7 Å². The molecule has 0 fully saturated rings. The molecule has 1 unspecified atom stereocenters. The zero-order valence-electron chi connectivity index (χ0n) is 15.9. The summed E-state index contributed by atoms with van der Waals surface area (Å²) in [6.45, 7) is 7.47. The number of nitrogens with one attached hydrogen (secondary N) is 1. The number of aryl methyl sites for hydroxylation is 2. The second kappa shape index (κ2) is 9.19. The fourth-order valence-electron chi connectivity index (χ4n) is 2.37. The van der Waals surface area contributed by atoms with Crippen LogP contribution in [0.4, 0.5) is 0 Å². The maximum atomic E-state index is 12.8. The molecule has 0 radical (unpaired) electrons. The van der Waals surface area contributed by atoms with E-state index in [4.69, 9.17) is 11.6 Å². The molecule has 7 heteroatoms. The molecule has 5 nitrogen and oxygen atoms in total. The van der Waals surface area contributed by atoms with Crippen LogP contribution < -0.4 is 4.72 Å². The first-order valence-corrected chi connectivity index (χ1v) is 10.3. The van der Waals surface area contributed by atoms with E-state index in [1.165, 1.54) is 25.3 Å². The number of carbonyl (C=O) groups excluding carboxylic acids is 1. The molecule has 1 N–H and O–H groups in total. The quantitative estimate of drug-likeness (QED) is 0.544. The van der Waals surface area contributed by atoms with Gasteiger partial charge >= 0.3 is 5.97 Å². The van der Waals surface area contributed by atoms with Crippen LogP contribution >= 0.6 is 11.6 Å². The van der Waals surface area contributed by atoms with Crippen LogP contribution in [-0.4, -0.2) is 27.5 Å². The highest BCUT2D eigenvalue weighted by atomic mass is 35.5. The number of hydrogen-bond acceptors (Lipinski definition) is 4. The maximum absolute atomic E-state index is 12.8. The summed E-state index contributed by atoms with van der Waals surface area (Å²) >= 11 is 6.37. The summed E-state index contributed by atoms with van der Waals surface area (Å²) in [6.07, 6.45) is 1.43. The SMILES string of the molecule is C=C(C(=O)OC)C(/C=C(\Cl)c1ccc(C)cc1)NS(=O)(=O)c1ccc(C)cc1. The predicted molar refractivity (Wildman–Crippen MR) is 111 cm³/mol. The van der Waals surface area contributed by atoms with Crippen molar-refractivity contribution < 1.29 is 17.9 Å². The van der Waals surface area contributed by atoms with E-state index in [0.29, 0.717) is 5.56 Å². The molecule has 0 aliphatic carbocycles. The second-order valence-corrected chi connectivity index (χ2v) is 8.43. The lowest BCUT2D eigenvalue weighted by atomic mass is 10.1. The summed E-state index contributed by atoms with van der Waals surface area (Å²) in [4.78, 5) is 12.0. The molecular formula is C21H22ClNO4S. The Hall–Kier alpha value is -2.41. The fraction of sp³-hybridized carbons (Fsp3) is 0.190. The van der Waals surface area contributed by atoms with Gasteiger partial charge in [-0.3, -0.25) is 0 Å². The zero-order valence-corrected chi connectivity index (χ0v) is 17.5. The summed E-state index contributed by atoms with van der Waals surface area (Å²) in [5.74, 6) is -0.735. The molecule has 0 aliphatic heterocycles. The summed E-state index contributed by atoms with van der Waals surface area (Å²) in [5.41, 5.74) is 2.59. The van der Waals surface area contributed by atoms with Gasteiger partial charge in [-0.25, -0.2) is 13.2 Å². The number of carbonyl (C=O) groups is 1. The standard InChI is InChI=1S/C21H22ClNO4S/c1-14-5-9-17(10-6-14)19(22)13-20(16(3)21(24)27-4)23-28(25,26)18-11-7-15(2)8-12-18/h5-13,20,23H,3H2,1-2,4H3/b19-13-. The molecule has 0 spiro atoms. The Labute approximate surface area is 170 Å². The van der Waals surface area contributed by atoms with E-state index in [1.807, 2.05) is 26.0 Å². The van der Waals surface area contributed by atoms with Crippen molar-refractivity contribution in [3.63, 3.8) is 0 Å². The van der Waals surface area contributed by atoms with Gasteiger partial charge in [-0.05, 0) is 37.6 Å². The van der Waals surface area contributed by atoms with E-state index in [0.717, 1.165) is 11.1 Å². The van der Waals surface area contributed by atoms with E-state index >= 15 is 0 Å².